The first-order valence-corrected chi connectivity index (χ1v) is 9.11. The number of urea groups is 1. The molecule has 0 aromatic heterocycles. The zero-order chi connectivity index (χ0) is 21.3. The standard InChI is InChI=1S/C21H21F2N3O3/c1-12(2)13-4-6-14(7-5-13)21(3)19(28)26(20(29)25-21)11-18(27)24-15-8-9-16(22)17(23)10-15/h4-10,12H,11H2,1-3H3,(H,24,27)(H,25,29)/t21-/m0/s1. The Labute approximate surface area is 166 Å². The molecule has 8 heteroatoms. The zero-order valence-electron chi connectivity index (χ0n) is 16.3. The Bertz CT molecular complexity index is 976. The summed E-state index contributed by atoms with van der Waals surface area (Å²) in [5, 5.41) is 4.97. The number of carbonyl (C=O) groups is 3. The van der Waals surface area contributed by atoms with Gasteiger partial charge in [0.05, 0.1) is 0 Å². The first kappa shape index (κ1) is 20.4. The lowest BCUT2D eigenvalue weighted by Crippen LogP contribution is -2.42. The molecule has 0 aliphatic carbocycles. The number of benzene rings is 2. The molecule has 0 bridgehead atoms. The van der Waals surface area contributed by atoms with Crippen molar-refractivity contribution in [1.82, 2.24) is 10.2 Å². The van der Waals surface area contributed by atoms with Crippen molar-refractivity contribution in [2.75, 3.05) is 11.9 Å². The summed E-state index contributed by atoms with van der Waals surface area (Å²) in [5.41, 5.74) is 0.420. The molecule has 1 aliphatic heterocycles. The number of nitrogens with zero attached hydrogens (tertiary/aromatic N) is 1. The molecule has 1 fully saturated rings. The molecule has 0 spiro atoms. The Balaban J connectivity index is 1.74. The van der Waals surface area contributed by atoms with Gasteiger partial charge < -0.3 is 10.6 Å². The second kappa shape index (κ2) is 7.62. The van der Waals surface area contributed by atoms with Crippen LogP contribution in [0.1, 0.15) is 37.8 Å². The van der Waals surface area contributed by atoms with E-state index in [0.29, 0.717) is 11.5 Å². The highest BCUT2D eigenvalue weighted by Gasteiger charge is 2.49. The lowest BCUT2D eigenvalue weighted by Gasteiger charge is -2.22. The van der Waals surface area contributed by atoms with Crippen LogP contribution < -0.4 is 10.6 Å². The molecule has 2 aromatic rings. The van der Waals surface area contributed by atoms with Gasteiger partial charge >= 0.3 is 6.03 Å². The molecule has 1 atom stereocenters. The summed E-state index contributed by atoms with van der Waals surface area (Å²) < 4.78 is 26.3. The molecular formula is C21H21F2N3O3. The summed E-state index contributed by atoms with van der Waals surface area (Å²) in [7, 11) is 0. The van der Waals surface area contributed by atoms with Gasteiger partial charge in [0.15, 0.2) is 11.6 Å². The number of nitrogens with one attached hydrogen (secondary N) is 2. The third-order valence-corrected chi connectivity index (χ3v) is 4.93. The van der Waals surface area contributed by atoms with E-state index in [1.807, 2.05) is 26.0 Å². The van der Waals surface area contributed by atoms with Gasteiger partial charge in [-0.3, -0.25) is 14.5 Å². The van der Waals surface area contributed by atoms with E-state index >= 15 is 0 Å². The molecule has 6 nitrogen and oxygen atoms in total. The highest BCUT2D eigenvalue weighted by Crippen LogP contribution is 2.30. The Morgan fingerprint density at radius 2 is 1.76 bits per heavy atom. The summed E-state index contributed by atoms with van der Waals surface area (Å²) >= 11 is 0. The van der Waals surface area contributed by atoms with Crippen molar-refractivity contribution >= 4 is 23.5 Å². The van der Waals surface area contributed by atoms with Crippen LogP contribution >= 0.6 is 0 Å². The quantitative estimate of drug-likeness (QED) is 0.753. The van der Waals surface area contributed by atoms with Gasteiger partial charge in [0.25, 0.3) is 5.91 Å². The summed E-state index contributed by atoms with van der Waals surface area (Å²) in [4.78, 5) is 38.3. The van der Waals surface area contributed by atoms with Gasteiger partial charge in [-0.05, 0) is 36.1 Å². The predicted molar refractivity (Wildman–Crippen MR) is 103 cm³/mol. The maximum atomic E-state index is 13.3. The fraction of sp³-hybridized carbons (Fsp3) is 0.286. The highest BCUT2D eigenvalue weighted by molar-refractivity contribution is 6.10. The average molecular weight is 401 g/mol. The van der Waals surface area contributed by atoms with Crippen LogP contribution in [0.4, 0.5) is 19.3 Å². The molecule has 1 heterocycles. The first-order chi connectivity index (χ1) is 13.6. The summed E-state index contributed by atoms with van der Waals surface area (Å²) in [6.07, 6.45) is 0. The molecule has 3 rings (SSSR count). The van der Waals surface area contributed by atoms with Crippen molar-refractivity contribution in [3.63, 3.8) is 0 Å². The van der Waals surface area contributed by atoms with E-state index in [-0.39, 0.29) is 5.69 Å². The van der Waals surface area contributed by atoms with Gasteiger partial charge in [0.2, 0.25) is 5.91 Å². The molecule has 152 valence electrons. The van der Waals surface area contributed by atoms with Crippen molar-refractivity contribution < 1.29 is 23.2 Å². The SMILES string of the molecule is CC(C)c1ccc([C@]2(C)NC(=O)N(CC(=O)Nc3ccc(F)c(F)c3)C2=O)cc1. The molecule has 2 aromatic carbocycles. The minimum Gasteiger partial charge on any atom is -0.324 e. The third-order valence-electron chi connectivity index (χ3n) is 4.93. The van der Waals surface area contributed by atoms with Crippen LogP contribution in [0.5, 0.6) is 0 Å². The normalized spacial score (nSPS) is 18.9. The number of imide groups is 1. The fourth-order valence-corrected chi connectivity index (χ4v) is 3.16. The van der Waals surface area contributed by atoms with E-state index in [1.165, 1.54) is 6.07 Å². The van der Waals surface area contributed by atoms with Crippen LogP contribution in [-0.4, -0.2) is 29.3 Å². The van der Waals surface area contributed by atoms with Gasteiger partial charge in [0.1, 0.15) is 12.1 Å². The number of hydrogen-bond donors (Lipinski definition) is 2. The number of hydrogen-bond acceptors (Lipinski definition) is 3. The molecule has 0 unspecified atom stereocenters. The van der Waals surface area contributed by atoms with E-state index in [1.54, 1.807) is 19.1 Å². The van der Waals surface area contributed by atoms with Crippen LogP contribution in [0.3, 0.4) is 0 Å². The third kappa shape index (κ3) is 3.96. The van der Waals surface area contributed by atoms with E-state index in [0.717, 1.165) is 22.6 Å². The van der Waals surface area contributed by atoms with Crippen molar-refractivity contribution in [2.24, 2.45) is 0 Å². The number of anilines is 1. The van der Waals surface area contributed by atoms with Crippen molar-refractivity contribution in [2.45, 2.75) is 32.2 Å². The van der Waals surface area contributed by atoms with Gasteiger partial charge in [-0.25, -0.2) is 13.6 Å². The Morgan fingerprint density at radius 3 is 2.34 bits per heavy atom. The van der Waals surface area contributed by atoms with Gasteiger partial charge in [-0.1, -0.05) is 38.1 Å². The molecule has 2 N–H and O–H groups in total. The number of amides is 4. The maximum Gasteiger partial charge on any atom is 0.325 e. The predicted octanol–water partition coefficient (Wildman–Crippen LogP) is 3.49. The van der Waals surface area contributed by atoms with Crippen LogP contribution in [0.15, 0.2) is 42.5 Å². The molecule has 1 aliphatic rings. The molecule has 1 saturated heterocycles. The number of rotatable bonds is 5. The highest BCUT2D eigenvalue weighted by atomic mass is 19.2. The molecule has 0 saturated carbocycles. The van der Waals surface area contributed by atoms with Crippen LogP contribution in [-0.2, 0) is 15.1 Å². The second-order valence-electron chi connectivity index (χ2n) is 7.40. The smallest absolute Gasteiger partial charge is 0.324 e. The number of halogens is 2. The Hall–Kier alpha value is -3.29. The zero-order valence-corrected chi connectivity index (χ0v) is 16.3. The topological polar surface area (TPSA) is 78.5 Å². The maximum absolute atomic E-state index is 13.3. The molecule has 4 amide bonds. The van der Waals surface area contributed by atoms with Gasteiger partial charge in [-0.15, -0.1) is 0 Å². The molecule has 0 radical (unpaired) electrons. The van der Waals surface area contributed by atoms with Crippen LogP contribution in [0.25, 0.3) is 0 Å². The van der Waals surface area contributed by atoms with Gasteiger partial charge in [0, 0.05) is 11.8 Å². The monoisotopic (exact) mass is 401 g/mol. The Kier molecular flexibility index (Phi) is 5.37. The number of carbonyl (C=O) groups excluding carboxylic acids is 3. The average Bonchev–Trinajstić information content (AvgIpc) is 2.89. The minimum atomic E-state index is -1.30. The molecular weight excluding hydrogens is 380 g/mol. The minimum absolute atomic E-state index is 0.0213. The van der Waals surface area contributed by atoms with Crippen molar-refractivity contribution in [1.29, 1.82) is 0 Å². The van der Waals surface area contributed by atoms with Crippen LogP contribution in [0.2, 0.25) is 0 Å². The summed E-state index contributed by atoms with van der Waals surface area (Å²) in [5.74, 6) is -3.12. The van der Waals surface area contributed by atoms with Crippen molar-refractivity contribution in [3.05, 3.63) is 65.2 Å². The first-order valence-electron chi connectivity index (χ1n) is 9.11. The fourth-order valence-electron chi connectivity index (χ4n) is 3.16. The van der Waals surface area contributed by atoms with E-state index in [2.05, 4.69) is 10.6 Å². The second-order valence-corrected chi connectivity index (χ2v) is 7.40. The summed E-state index contributed by atoms with van der Waals surface area (Å²) in [6.45, 7) is 5.12. The van der Waals surface area contributed by atoms with Gasteiger partial charge in [-0.2, -0.15) is 0 Å². The lowest BCUT2D eigenvalue weighted by molar-refractivity contribution is -0.133. The van der Waals surface area contributed by atoms with Crippen molar-refractivity contribution in [3.8, 4) is 0 Å². The van der Waals surface area contributed by atoms with Crippen LogP contribution in [0, 0.1) is 11.6 Å². The Morgan fingerprint density at radius 1 is 1.10 bits per heavy atom. The molecule has 29 heavy (non-hydrogen) atoms. The summed E-state index contributed by atoms with van der Waals surface area (Å²) in [6, 6.07) is 9.51. The largest absolute Gasteiger partial charge is 0.325 e. The van der Waals surface area contributed by atoms with E-state index in [4.69, 9.17) is 0 Å². The van der Waals surface area contributed by atoms with E-state index in [9.17, 15) is 23.2 Å². The lowest BCUT2D eigenvalue weighted by atomic mass is 9.90. The van der Waals surface area contributed by atoms with E-state index < -0.39 is 41.6 Å².